The number of hydrogen-bond donors (Lipinski definition) is 2. The van der Waals surface area contributed by atoms with E-state index in [4.69, 9.17) is 22.7 Å². The van der Waals surface area contributed by atoms with Crippen molar-refractivity contribution in [1.29, 1.82) is 5.41 Å². The second-order valence-corrected chi connectivity index (χ2v) is 2.87. The molecule has 0 aliphatic carbocycles. The molecule has 0 unspecified atom stereocenters. The average molecular weight is 162 g/mol. The zero-order valence-corrected chi connectivity index (χ0v) is 6.94. The topological polar surface area (TPSA) is 62.2 Å². The first-order valence-electron chi connectivity index (χ1n) is 3.09. The van der Waals surface area contributed by atoms with Crippen LogP contribution in [0.15, 0.2) is 4.99 Å². The largest absolute Gasteiger partial charge is 0.374 e. The van der Waals surface area contributed by atoms with Gasteiger partial charge in [0, 0.05) is 6.42 Å². The molecule has 0 aliphatic rings. The Hall–Kier alpha value is -0.570. The van der Waals surface area contributed by atoms with E-state index in [1.807, 2.05) is 13.8 Å². The van der Waals surface area contributed by atoms with Crippen LogP contribution in [0.3, 0.4) is 0 Å². The minimum Gasteiger partial charge on any atom is -0.374 e. The van der Waals surface area contributed by atoms with E-state index in [1.54, 1.807) is 0 Å². The van der Waals surface area contributed by atoms with Crippen molar-refractivity contribution in [2.45, 2.75) is 20.3 Å². The molecule has 0 rings (SSSR count). The molecular weight excluding hydrogens is 150 g/mol. The number of rotatable bonds is 2. The van der Waals surface area contributed by atoms with Crippen LogP contribution in [0.5, 0.6) is 0 Å². The first-order chi connectivity index (χ1) is 4.52. The lowest BCUT2D eigenvalue weighted by molar-refractivity contribution is 0.679. The lowest BCUT2D eigenvalue weighted by atomic mass is 10.1. The van der Waals surface area contributed by atoms with Gasteiger partial charge in [-0.1, -0.05) is 13.8 Å². The zero-order chi connectivity index (χ0) is 8.15. The van der Waals surface area contributed by atoms with Crippen LogP contribution in [-0.2, 0) is 0 Å². The van der Waals surface area contributed by atoms with Crippen molar-refractivity contribution in [3.05, 3.63) is 0 Å². The molecule has 0 amide bonds. The molecule has 3 N–H and O–H groups in total. The van der Waals surface area contributed by atoms with E-state index >= 15 is 0 Å². The molecule has 0 aromatic heterocycles. The van der Waals surface area contributed by atoms with Crippen LogP contribution < -0.4 is 5.73 Å². The summed E-state index contributed by atoms with van der Waals surface area (Å²) >= 11 is 5.24. The van der Waals surface area contributed by atoms with Gasteiger partial charge >= 0.3 is 0 Å². The fourth-order valence-electron chi connectivity index (χ4n) is 0.561. The van der Waals surface area contributed by atoms with Crippen LogP contribution in [0, 0.1) is 11.3 Å². The highest BCUT2D eigenvalue weighted by atomic mass is 35.5. The Morgan fingerprint density at radius 1 is 1.70 bits per heavy atom. The van der Waals surface area contributed by atoms with Gasteiger partial charge in [-0.15, -0.1) is 0 Å². The predicted molar refractivity (Wildman–Crippen MR) is 44.7 cm³/mol. The minimum absolute atomic E-state index is 0.0642. The highest BCUT2D eigenvalue weighted by Crippen LogP contribution is 2.00. The molecule has 0 radical (unpaired) electrons. The molecule has 0 aromatic rings. The molecule has 4 heteroatoms. The summed E-state index contributed by atoms with van der Waals surface area (Å²) in [6.07, 6.45) is 0.618. The molecule has 58 valence electrons. The van der Waals surface area contributed by atoms with Gasteiger partial charge in [0.15, 0.2) is 5.29 Å². The van der Waals surface area contributed by atoms with E-state index in [9.17, 15) is 0 Å². The summed E-state index contributed by atoms with van der Waals surface area (Å²) in [6, 6.07) is 0. The zero-order valence-electron chi connectivity index (χ0n) is 6.19. The van der Waals surface area contributed by atoms with Crippen LogP contribution in [0.2, 0.25) is 0 Å². The molecule has 0 saturated heterocycles. The molecule has 10 heavy (non-hydrogen) atoms. The molecular formula is C6H12ClN3. The molecule has 0 saturated carbocycles. The van der Waals surface area contributed by atoms with E-state index in [0.29, 0.717) is 12.3 Å². The van der Waals surface area contributed by atoms with E-state index in [0.717, 1.165) is 0 Å². The first-order valence-corrected chi connectivity index (χ1v) is 3.47. The van der Waals surface area contributed by atoms with Crippen molar-refractivity contribution in [1.82, 2.24) is 0 Å². The van der Waals surface area contributed by atoms with Gasteiger partial charge in [0.2, 0.25) is 0 Å². The van der Waals surface area contributed by atoms with E-state index < -0.39 is 0 Å². The van der Waals surface area contributed by atoms with Crippen molar-refractivity contribution in [3.63, 3.8) is 0 Å². The third-order valence-corrected chi connectivity index (χ3v) is 0.928. The Kier molecular flexibility index (Phi) is 4.03. The third-order valence-electron chi connectivity index (χ3n) is 0.843. The second-order valence-electron chi connectivity index (χ2n) is 2.48. The Balaban J connectivity index is 3.76. The van der Waals surface area contributed by atoms with Gasteiger partial charge in [0.25, 0.3) is 0 Å². The quantitative estimate of drug-likeness (QED) is 0.361. The lowest BCUT2D eigenvalue weighted by Crippen LogP contribution is -2.07. The first kappa shape index (κ1) is 9.43. The summed E-state index contributed by atoms with van der Waals surface area (Å²) in [7, 11) is 0. The van der Waals surface area contributed by atoms with Gasteiger partial charge in [-0.3, -0.25) is 5.41 Å². The number of nitrogens with one attached hydrogen (secondary N) is 1. The Bertz CT molecular complexity index is 147. The smallest absolute Gasteiger partial charge is 0.194 e. The van der Waals surface area contributed by atoms with Crippen LogP contribution in [-0.4, -0.2) is 11.1 Å². The van der Waals surface area contributed by atoms with Crippen LogP contribution in [0.25, 0.3) is 0 Å². The van der Waals surface area contributed by atoms with Gasteiger partial charge in [-0.05, 0) is 17.5 Å². The molecule has 0 spiro atoms. The fraction of sp³-hybridized carbons (Fsp3) is 0.667. The van der Waals surface area contributed by atoms with E-state index in [-0.39, 0.29) is 11.1 Å². The lowest BCUT2D eigenvalue weighted by Gasteiger charge is -2.00. The summed E-state index contributed by atoms with van der Waals surface area (Å²) in [5.74, 6) is 0.662. The number of nitrogens with two attached hydrogens (primary N) is 1. The molecule has 0 heterocycles. The molecule has 3 nitrogen and oxygen atoms in total. The molecule has 0 atom stereocenters. The summed E-state index contributed by atoms with van der Waals surface area (Å²) < 4.78 is 0. The monoisotopic (exact) mass is 161 g/mol. The maximum atomic E-state index is 7.20. The van der Waals surface area contributed by atoms with E-state index in [1.165, 1.54) is 0 Å². The highest BCUT2D eigenvalue weighted by Gasteiger charge is 1.98. The van der Waals surface area contributed by atoms with Crippen molar-refractivity contribution in [2.75, 3.05) is 0 Å². The number of hydrogen-bond acceptors (Lipinski definition) is 1. The fourth-order valence-corrected chi connectivity index (χ4v) is 0.663. The number of amidine groups is 2. The number of nitrogens with zero attached hydrogens (tertiary/aromatic N) is 1. The van der Waals surface area contributed by atoms with Gasteiger partial charge in [-0.25, -0.2) is 4.99 Å². The highest BCUT2D eigenvalue weighted by molar-refractivity contribution is 6.65. The van der Waals surface area contributed by atoms with Gasteiger partial charge in [-0.2, -0.15) is 0 Å². The standard InChI is InChI=1S/C6H12ClN3/c1-4(2)3-5(8)10-6(7)9/h4H,3H2,1-2H3,(H3,8,9,10). The van der Waals surface area contributed by atoms with Gasteiger partial charge in [0.1, 0.15) is 5.84 Å². The summed E-state index contributed by atoms with van der Waals surface area (Å²) in [5, 5.41) is 7.13. The maximum Gasteiger partial charge on any atom is 0.194 e. The Labute approximate surface area is 65.8 Å². The SMILES string of the molecule is CC(C)CC(=N)/N=C(\N)Cl. The van der Waals surface area contributed by atoms with Crippen molar-refractivity contribution in [3.8, 4) is 0 Å². The number of halogens is 1. The average Bonchev–Trinajstić information content (AvgIpc) is 1.58. The van der Waals surface area contributed by atoms with Crippen LogP contribution >= 0.6 is 11.6 Å². The second kappa shape index (κ2) is 4.28. The van der Waals surface area contributed by atoms with Gasteiger partial charge < -0.3 is 5.73 Å². The summed E-state index contributed by atoms with van der Waals surface area (Å²) in [4.78, 5) is 3.56. The van der Waals surface area contributed by atoms with Crippen molar-refractivity contribution < 1.29 is 0 Å². The molecule has 0 fully saturated rings. The minimum atomic E-state index is -0.0642. The number of aliphatic imine (C=N–C) groups is 1. The van der Waals surface area contributed by atoms with Crippen molar-refractivity contribution >= 4 is 22.7 Å². The summed E-state index contributed by atoms with van der Waals surface area (Å²) in [5.41, 5.74) is 5.04. The Morgan fingerprint density at radius 2 is 2.20 bits per heavy atom. The normalized spacial score (nSPS) is 12.2. The van der Waals surface area contributed by atoms with E-state index in [2.05, 4.69) is 4.99 Å². The van der Waals surface area contributed by atoms with Gasteiger partial charge in [0.05, 0.1) is 0 Å². The summed E-state index contributed by atoms with van der Waals surface area (Å²) in [6.45, 7) is 4.02. The predicted octanol–water partition coefficient (Wildman–Crippen LogP) is 1.56. The molecule has 0 bridgehead atoms. The van der Waals surface area contributed by atoms with Crippen LogP contribution in [0.4, 0.5) is 0 Å². The molecule has 0 aliphatic heterocycles. The molecule has 0 aromatic carbocycles. The maximum absolute atomic E-state index is 7.20. The van der Waals surface area contributed by atoms with Crippen LogP contribution in [0.1, 0.15) is 20.3 Å². The third kappa shape index (κ3) is 5.56. The Morgan fingerprint density at radius 3 is 2.50 bits per heavy atom. The van der Waals surface area contributed by atoms with Crippen molar-refractivity contribution in [2.24, 2.45) is 16.6 Å².